The Balaban J connectivity index is 0.000000174. The van der Waals surface area contributed by atoms with Crippen LogP contribution in [0.1, 0.15) is 229 Å². The molecule has 10 heterocycles. The first-order valence-electron chi connectivity index (χ1n) is 31.8. The van der Waals surface area contributed by atoms with E-state index in [4.69, 9.17) is 38.9 Å². The second-order valence-corrected chi connectivity index (χ2v) is 26.0. The van der Waals surface area contributed by atoms with Crippen molar-refractivity contribution in [2.75, 3.05) is 39.6 Å². The quantitative estimate of drug-likeness (QED) is 0.171. The van der Waals surface area contributed by atoms with Gasteiger partial charge in [0.1, 0.15) is 40.5 Å². The Morgan fingerprint density at radius 1 is 0.469 bits per heavy atom. The predicted octanol–water partition coefficient (Wildman–Crippen LogP) is 10.8. The van der Waals surface area contributed by atoms with Gasteiger partial charge in [0.25, 0.3) is 0 Å². The number of ketones is 7. The zero-order chi connectivity index (χ0) is 59.1. The number of fused-ring (bicyclic) bond motifs is 10. The Bertz CT molecular complexity index is 1870. The standard InChI is InChI=1S/C10H17NO2.C10H18O3.2C10H16O2.2C9H14O2.C7H12O2/c1-8(12)7-10(9(11)13)5-3-2-4-6-10;1-3-12-10-9(7-8(2)11)5-4-6-13-10;2*1-7(11)4-8-5-9-2-3-10(6-8)12-9;2*1-6(10)9-4-8-3-2-7(9)5-11-8;1-6(8)7-2-4-9-5-3-7/h2-7H2,1H3,(H2,11,13);9-10H,3-7H2,1-2H3;2*8-10H,2-6H2,1H3;2*7-9H,2-5H2,1H3;7H,2-5H2,1H3. The van der Waals surface area contributed by atoms with E-state index in [1.807, 2.05) is 6.92 Å². The topological polar surface area (TPSA) is 227 Å². The van der Waals surface area contributed by atoms with Crippen molar-refractivity contribution in [2.24, 2.45) is 58.5 Å². The Morgan fingerprint density at radius 3 is 1.22 bits per heavy atom. The van der Waals surface area contributed by atoms with E-state index in [1.54, 1.807) is 41.5 Å². The van der Waals surface area contributed by atoms with Crippen LogP contribution in [0.4, 0.5) is 0 Å². The van der Waals surface area contributed by atoms with Crippen LogP contribution in [-0.4, -0.2) is 129 Å². The summed E-state index contributed by atoms with van der Waals surface area (Å²) in [7, 11) is 0. The highest BCUT2D eigenvalue weighted by Gasteiger charge is 2.41. The van der Waals surface area contributed by atoms with Crippen LogP contribution in [0.3, 0.4) is 0 Å². The van der Waals surface area contributed by atoms with Crippen molar-refractivity contribution in [1.82, 2.24) is 0 Å². The molecule has 10 saturated heterocycles. The molecule has 16 nitrogen and oxygen atoms in total. The Kier molecular flexibility index (Phi) is 30.0. The first kappa shape index (κ1) is 68.7. The molecular formula is C65H107NO15. The van der Waals surface area contributed by atoms with Gasteiger partial charge in [0.2, 0.25) is 5.91 Å². The largest absolute Gasteiger partial charge is 0.381 e. The molecule has 16 heteroatoms. The van der Waals surface area contributed by atoms with Crippen molar-refractivity contribution in [1.29, 1.82) is 0 Å². The lowest BCUT2D eigenvalue weighted by atomic mass is 9.70. The summed E-state index contributed by atoms with van der Waals surface area (Å²) >= 11 is 0. The van der Waals surface area contributed by atoms with Crippen molar-refractivity contribution in [3.8, 4) is 0 Å². The number of ether oxygens (including phenoxy) is 7. The average Bonchev–Trinajstić information content (AvgIpc) is 4.14. The fraction of sp³-hybridized carbons (Fsp3) is 0.877. The molecule has 13 fully saturated rings. The number of primary amides is 1. The Morgan fingerprint density at radius 2 is 0.914 bits per heavy atom. The molecule has 0 spiro atoms. The Hall–Kier alpha value is -3.12. The maximum Gasteiger partial charge on any atom is 0.224 e. The summed E-state index contributed by atoms with van der Waals surface area (Å²) < 4.78 is 38.4. The second kappa shape index (κ2) is 35.4. The summed E-state index contributed by atoms with van der Waals surface area (Å²) in [5.41, 5.74) is 4.85. The van der Waals surface area contributed by atoms with Crippen LogP contribution < -0.4 is 5.73 Å². The van der Waals surface area contributed by atoms with Crippen LogP contribution in [0.2, 0.25) is 0 Å². The average molecular weight is 1140 g/mol. The molecule has 3 saturated carbocycles. The van der Waals surface area contributed by atoms with Crippen LogP contribution in [-0.2, 0) is 71.5 Å². The summed E-state index contributed by atoms with van der Waals surface area (Å²) in [6, 6.07) is 0. The monoisotopic (exact) mass is 1140 g/mol. The van der Waals surface area contributed by atoms with Crippen LogP contribution in [0, 0.1) is 52.8 Å². The maximum absolute atomic E-state index is 11.3. The summed E-state index contributed by atoms with van der Waals surface area (Å²) in [6.45, 7) is 18.2. The van der Waals surface area contributed by atoms with E-state index in [2.05, 4.69) is 0 Å². The van der Waals surface area contributed by atoms with E-state index in [0.29, 0.717) is 126 Å². The molecule has 13 aliphatic rings. The summed E-state index contributed by atoms with van der Waals surface area (Å²) in [5.74, 6) is 5.24. The fourth-order valence-electron chi connectivity index (χ4n) is 14.7. The van der Waals surface area contributed by atoms with E-state index >= 15 is 0 Å². The fourth-order valence-corrected chi connectivity index (χ4v) is 14.7. The van der Waals surface area contributed by atoms with Crippen LogP contribution >= 0.6 is 0 Å². The number of Topliss-reactive ketones (excluding diaryl/α,β-unsaturated/α-hetero) is 7. The lowest BCUT2D eigenvalue weighted by Crippen LogP contribution is -2.42. The molecule has 1 amide bonds. The highest BCUT2D eigenvalue weighted by Crippen LogP contribution is 2.42. The minimum atomic E-state index is -0.510. The first-order chi connectivity index (χ1) is 38.6. The van der Waals surface area contributed by atoms with Gasteiger partial charge in [-0.1, -0.05) is 19.3 Å². The van der Waals surface area contributed by atoms with Gasteiger partial charge in [-0.25, -0.2) is 0 Å². The molecule has 0 aromatic carbocycles. The zero-order valence-corrected chi connectivity index (χ0v) is 51.2. The molecule has 12 atom stereocenters. The highest BCUT2D eigenvalue weighted by molar-refractivity contribution is 5.88. The van der Waals surface area contributed by atoms with Crippen molar-refractivity contribution in [3.63, 3.8) is 0 Å². The van der Waals surface area contributed by atoms with Gasteiger partial charge in [-0.2, -0.15) is 0 Å². The van der Waals surface area contributed by atoms with E-state index in [9.17, 15) is 38.4 Å². The number of nitrogens with two attached hydrogens (primary N) is 1. The van der Waals surface area contributed by atoms with Gasteiger partial charge in [0.15, 0.2) is 6.29 Å². The lowest BCUT2D eigenvalue weighted by molar-refractivity contribution is -0.192. The summed E-state index contributed by atoms with van der Waals surface area (Å²) in [5, 5.41) is 0. The number of amides is 1. The molecule has 2 N–H and O–H groups in total. The van der Waals surface area contributed by atoms with Crippen molar-refractivity contribution in [3.05, 3.63) is 0 Å². The molecule has 0 radical (unpaired) electrons. The van der Waals surface area contributed by atoms with Gasteiger partial charge < -0.3 is 53.3 Å². The van der Waals surface area contributed by atoms with Crippen LogP contribution in [0.25, 0.3) is 0 Å². The van der Waals surface area contributed by atoms with Crippen molar-refractivity contribution in [2.45, 2.75) is 272 Å². The van der Waals surface area contributed by atoms with Crippen LogP contribution in [0.15, 0.2) is 0 Å². The van der Waals surface area contributed by atoms with Crippen molar-refractivity contribution < 1.29 is 71.5 Å². The second-order valence-electron chi connectivity index (χ2n) is 26.0. The highest BCUT2D eigenvalue weighted by atomic mass is 16.7. The first-order valence-corrected chi connectivity index (χ1v) is 31.8. The van der Waals surface area contributed by atoms with E-state index < -0.39 is 5.41 Å². The van der Waals surface area contributed by atoms with Crippen LogP contribution in [0.5, 0.6) is 0 Å². The zero-order valence-electron chi connectivity index (χ0n) is 51.2. The molecular weight excluding hydrogens is 1030 g/mol. The van der Waals surface area contributed by atoms with E-state index in [1.165, 1.54) is 58.3 Å². The molecule has 13 rings (SSSR count). The Labute approximate surface area is 485 Å². The molecule has 12 unspecified atom stereocenters. The molecule has 462 valence electrons. The smallest absolute Gasteiger partial charge is 0.224 e. The van der Waals surface area contributed by atoms with Gasteiger partial charge in [-0.3, -0.25) is 24.0 Å². The maximum atomic E-state index is 11.3. The van der Waals surface area contributed by atoms with E-state index in [0.717, 1.165) is 142 Å². The third-order valence-corrected chi connectivity index (χ3v) is 18.9. The van der Waals surface area contributed by atoms with Gasteiger partial charge in [0, 0.05) is 75.8 Å². The summed E-state index contributed by atoms with van der Waals surface area (Å²) in [4.78, 5) is 88.1. The SMILES string of the molecule is CC(=O)C1CC2CCC1CO2.CC(=O)C1CC2CCC1CO2.CC(=O)C1CCOCC1.CC(=O)CC1(C(N)=O)CCCCC1.CC(=O)CC1CC2CCC(C1)O2.CC(=O)CC1CC2CCC(C1)O2.CCOC1OCCCC1CC(C)=O. The number of rotatable bonds is 14. The third kappa shape index (κ3) is 24.0. The minimum Gasteiger partial charge on any atom is -0.381 e. The number of hydrogen-bond acceptors (Lipinski definition) is 15. The molecule has 0 aromatic rings. The molecule has 0 aromatic heterocycles. The normalized spacial score (nSPS) is 33.8. The van der Waals surface area contributed by atoms with Gasteiger partial charge in [0.05, 0.1) is 55.3 Å². The number of carbonyl (C=O) groups is 8. The van der Waals surface area contributed by atoms with E-state index in [-0.39, 0.29) is 29.7 Å². The molecule has 8 bridgehead atoms. The number of hydrogen-bond donors (Lipinski definition) is 1. The lowest BCUT2D eigenvalue weighted by Gasteiger charge is -2.41. The van der Waals surface area contributed by atoms with Gasteiger partial charge in [-0.05, 0) is 207 Å². The number of carbonyl (C=O) groups excluding carboxylic acids is 8. The van der Waals surface area contributed by atoms with Gasteiger partial charge in [-0.15, -0.1) is 0 Å². The minimum absolute atomic E-state index is 0.0701. The molecule has 81 heavy (non-hydrogen) atoms. The molecule has 10 aliphatic heterocycles. The van der Waals surface area contributed by atoms with Crippen molar-refractivity contribution >= 4 is 46.4 Å². The molecule has 3 aliphatic carbocycles. The van der Waals surface area contributed by atoms with Gasteiger partial charge >= 0.3 is 0 Å². The third-order valence-electron chi connectivity index (χ3n) is 18.9. The predicted molar refractivity (Wildman–Crippen MR) is 308 cm³/mol. The summed E-state index contributed by atoms with van der Waals surface area (Å²) in [6.07, 6.45) is 29.9.